The van der Waals surface area contributed by atoms with Crippen molar-refractivity contribution >= 4 is 5.91 Å². The third-order valence-electron chi connectivity index (χ3n) is 3.83. The second-order valence-corrected chi connectivity index (χ2v) is 5.80. The predicted octanol–water partition coefficient (Wildman–Crippen LogP) is 1.89. The van der Waals surface area contributed by atoms with Crippen LogP contribution < -0.4 is 0 Å². The molecule has 2 rings (SSSR count). The number of halogens is 1. The summed E-state index contributed by atoms with van der Waals surface area (Å²) < 4.78 is 18.4. The van der Waals surface area contributed by atoms with Gasteiger partial charge >= 0.3 is 0 Å². The predicted molar refractivity (Wildman–Crippen MR) is 79.3 cm³/mol. The Labute approximate surface area is 125 Å². The zero-order chi connectivity index (χ0) is 15.4. The Balaban J connectivity index is 1.88. The molecule has 1 aliphatic heterocycles. The summed E-state index contributed by atoms with van der Waals surface area (Å²) >= 11 is 0. The minimum absolute atomic E-state index is 0.0697. The maximum Gasteiger partial charge on any atom is 0.236 e. The molecular weight excluding hydrogens is 271 g/mol. The molecule has 5 heteroatoms. The topological polar surface area (TPSA) is 32.8 Å². The van der Waals surface area contributed by atoms with Crippen LogP contribution in [0.25, 0.3) is 0 Å². The van der Waals surface area contributed by atoms with Gasteiger partial charge in [-0.05, 0) is 31.5 Å². The van der Waals surface area contributed by atoms with E-state index in [1.165, 1.54) is 12.1 Å². The Morgan fingerprint density at radius 1 is 1.38 bits per heavy atom. The van der Waals surface area contributed by atoms with Crippen LogP contribution in [0.4, 0.5) is 4.39 Å². The molecule has 1 amide bonds. The van der Waals surface area contributed by atoms with Crippen LogP contribution in [-0.4, -0.2) is 54.6 Å². The lowest BCUT2D eigenvalue weighted by Gasteiger charge is -2.37. The average Bonchev–Trinajstić information content (AvgIpc) is 2.45. The first-order valence-corrected chi connectivity index (χ1v) is 7.29. The van der Waals surface area contributed by atoms with Gasteiger partial charge in [-0.2, -0.15) is 0 Å². The molecular formula is C16H23FN2O2. The van der Waals surface area contributed by atoms with Crippen molar-refractivity contribution in [3.8, 4) is 0 Å². The summed E-state index contributed by atoms with van der Waals surface area (Å²) in [7, 11) is 1.78. The van der Waals surface area contributed by atoms with Gasteiger partial charge in [0.2, 0.25) is 5.91 Å². The number of likely N-dealkylation sites (N-methyl/N-ethyl adjacent to an activating group) is 1. The molecule has 1 fully saturated rings. The number of carbonyl (C=O) groups excluding carboxylic acids is 1. The molecule has 0 aliphatic carbocycles. The van der Waals surface area contributed by atoms with E-state index < -0.39 is 0 Å². The fourth-order valence-electron chi connectivity index (χ4n) is 2.44. The molecule has 116 valence electrons. The SMILES string of the molecule is CC1CN(CC(=O)N(C)Cc2ccc(F)cc2)C(C)CO1. The van der Waals surface area contributed by atoms with Crippen LogP contribution in [0.1, 0.15) is 19.4 Å². The molecule has 0 N–H and O–H groups in total. The van der Waals surface area contributed by atoms with Crippen molar-refractivity contribution in [2.45, 2.75) is 32.5 Å². The van der Waals surface area contributed by atoms with Gasteiger partial charge in [-0.15, -0.1) is 0 Å². The number of hydrogen-bond donors (Lipinski definition) is 0. The van der Waals surface area contributed by atoms with Crippen LogP contribution in [0.3, 0.4) is 0 Å². The first-order chi connectivity index (χ1) is 9.95. The van der Waals surface area contributed by atoms with E-state index in [1.807, 2.05) is 6.92 Å². The quantitative estimate of drug-likeness (QED) is 0.850. The summed E-state index contributed by atoms with van der Waals surface area (Å²) in [5, 5.41) is 0. The molecule has 1 aromatic carbocycles. The van der Waals surface area contributed by atoms with Crippen LogP contribution in [0.15, 0.2) is 24.3 Å². The van der Waals surface area contributed by atoms with Crippen LogP contribution in [0, 0.1) is 5.82 Å². The zero-order valence-corrected chi connectivity index (χ0v) is 12.9. The van der Waals surface area contributed by atoms with E-state index >= 15 is 0 Å². The first-order valence-electron chi connectivity index (χ1n) is 7.29. The van der Waals surface area contributed by atoms with Gasteiger partial charge in [0.15, 0.2) is 0 Å². The van der Waals surface area contributed by atoms with E-state index in [1.54, 1.807) is 24.1 Å². The van der Waals surface area contributed by atoms with Crippen LogP contribution in [0.5, 0.6) is 0 Å². The minimum Gasteiger partial charge on any atom is -0.376 e. The van der Waals surface area contributed by atoms with E-state index in [0.717, 1.165) is 12.1 Å². The van der Waals surface area contributed by atoms with Crippen molar-refractivity contribution in [2.75, 3.05) is 26.7 Å². The molecule has 1 heterocycles. The molecule has 2 atom stereocenters. The lowest BCUT2D eigenvalue weighted by molar-refractivity contribution is -0.135. The summed E-state index contributed by atoms with van der Waals surface area (Å²) in [4.78, 5) is 16.1. The van der Waals surface area contributed by atoms with Crippen LogP contribution in [0.2, 0.25) is 0 Å². The number of rotatable bonds is 4. The average molecular weight is 294 g/mol. The number of morpholine rings is 1. The monoisotopic (exact) mass is 294 g/mol. The highest BCUT2D eigenvalue weighted by Crippen LogP contribution is 2.12. The Kier molecular flexibility index (Phi) is 5.31. The van der Waals surface area contributed by atoms with E-state index in [4.69, 9.17) is 4.74 Å². The normalized spacial score (nSPS) is 23.0. The Hall–Kier alpha value is -1.46. The van der Waals surface area contributed by atoms with E-state index in [0.29, 0.717) is 19.7 Å². The number of benzene rings is 1. The summed E-state index contributed by atoms with van der Waals surface area (Å²) in [6.07, 6.45) is 0.163. The zero-order valence-electron chi connectivity index (χ0n) is 12.9. The molecule has 2 unspecified atom stereocenters. The van der Waals surface area contributed by atoms with Gasteiger partial charge in [0.25, 0.3) is 0 Å². The van der Waals surface area contributed by atoms with E-state index in [2.05, 4.69) is 11.8 Å². The number of hydrogen-bond acceptors (Lipinski definition) is 3. The fourth-order valence-corrected chi connectivity index (χ4v) is 2.44. The number of ether oxygens (including phenoxy) is 1. The molecule has 0 aromatic heterocycles. The molecule has 4 nitrogen and oxygen atoms in total. The summed E-state index contributed by atoms with van der Waals surface area (Å²) in [5.41, 5.74) is 0.927. The number of carbonyl (C=O) groups is 1. The van der Waals surface area contributed by atoms with Gasteiger partial charge in [0.1, 0.15) is 5.82 Å². The Morgan fingerprint density at radius 2 is 2.05 bits per heavy atom. The Morgan fingerprint density at radius 3 is 2.71 bits per heavy atom. The van der Waals surface area contributed by atoms with Gasteiger partial charge in [-0.25, -0.2) is 4.39 Å². The van der Waals surface area contributed by atoms with Gasteiger partial charge < -0.3 is 9.64 Å². The molecule has 0 bridgehead atoms. The lowest BCUT2D eigenvalue weighted by Crippen LogP contribution is -2.51. The van der Waals surface area contributed by atoms with Crippen LogP contribution >= 0.6 is 0 Å². The second kappa shape index (κ2) is 7.00. The molecule has 1 aromatic rings. The minimum atomic E-state index is -0.260. The molecule has 0 radical (unpaired) electrons. The molecule has 0 spiro atoms. The number of amides is 1. The van der Waals surface area contributed by atoms with Crippen molar-refractivity contribution in [2.24, 2.45) is 0 Å². The van der Waals surface area contributed by atoms with E-state index in [9.17, 15) is 9.18 Å². The third-order valence-corrected chi connectivity index (χ3v) is 3.83. The van der Waals surface area contributed by atoms with Gasteiger partial charge in [0.05, 0.1) is 19.3 Å². The summed E-state index contributed by atoms with van der Waals surface area (Å²) in [6.45, 7) is 6.41. The first kappa shape index (κ1) is 15.9. The maximum atomic E-state index is 12.9. The fraction of sp³-hybridized carbons (Fsp3) is 0.562. The third kappa shape index (κ3) is 4.51. The van der Waals surface area contributed by atoms with Gasteiger partial charge in [-0.1, -0.05) is 12.1 Å². The van der Waals surface area contributed by atoms with Crippen molar-refractivity contribution in [1.82, 2.24) is 9.80 Å². The maximum absolute atomic E-state index is 12.9. The summed E-state index contributed by atoms with van der Waals surface area (Å²) in [5.74, 6) is -0.191. The molecule has 21 heavy (non-hydrogen) atoms. The largest absolute Gasteiger partial charge is 0.376 e. The highest BCUT2D eigenvalue weighted by molar-refractivity contribution is 5.78. The standard InChI is InChI=1S/C16H23FN2O2/c1-12-11-21-13(2)8-19(12)10-16(20)18(3)9-14-4-6-15(17)7-5-14/h4-7,12-13H,8-11H2,1-3H3. The highest BCUT2D eigenvalue weighted by atomic mass is 19.1. The second-order valence-electron chi connectivity index (χ2n) is 5.80. The molecule has 0 saturated carbocycles. The molecule has 1 saturated heterocycles. The Bertz CT molecular complexity index is 478. The number of nitrogens with zero attached hydrogens (tertiary/aromatic N) is 2. The summed E-state index contributed by atoms with van der Waals surface area (Å²) in [6, 6.07) is 6.50. The van der Waals surface area contributed by atoms with Crippen molar-refractivity contribution < 1.29 is 13.9 Å². The van der Waals surface area contributed by atoms with E-state index in [-0.39, 0.29) is 23.9 Å². The van der Waals surface area contributed by atoms with Crippen LogP contribution in [-0.2, 0) is 16.1 Å². The highest BCUT2D eigenvalue weighted by Gasteiger charge is 2.26. The molecule has 1 aliphatic rings. The van der Waals surface area contributed by atoms with Crippen molar-refractivity contribution in [1.29, 1.82) is 0 Å². The van der Waals surface area contributed by atoms with Crippen molar-refractivity contribution in [3.05, 3.63) is 35.6 Å². The smallest absolute Gasteiger partial charge is 0.236 e. The van der Waals surface area contributed by atoms with Gasteiger partial charge in [-0.3, -0.25) is 9.69 Å². The van der Waals surface area contributed by atoms with Crippen molar-refractivity contribution in [3.63, 3.8) is 0 Å². The van der Waals surface area contributed by atoms with Gasteiger partial charge in [0, 0.05) is 26.2 Å². The lowest BCUT2D eigenvalue weighted by atomic mass is 10.2.